The zero-order valence-corrected chi connectivity index (χ0v) is 15.0. The van der Waals surface area contributed by atoms with Crippen molar-refractivity contribution in [2.45, 2.75) is 0 Å². The maximum Gasteiger partial charge on any atom is 0.322 e. The molecular weight excluding hydrogens is 373 g/mol. The molecule has 1 amide bonds. The van der Waals surface area contributed by atoms with E-state index < -0.39 is 5.91 Å². The fourth-order valence-electron chi connectivity index (χ4n) is 2.68. The molecule has 29 heavy (non-hydrogen) atoms. The molecule has 0 fully saturated rings. The highest BCUT2D eigenvalue weighted by molar-refractivity contribution is 6.10. The number of aromatic nitrogens is 2. The number of hydrogen-bond donors (Lipinski definition) is 1. The van der Waals surface area contributed by atoms with Gasteiger partial charge in [-0.05, 0) is 36.4 Å². The summed E-state index contributed by atoms with van der Waals surface area (Å²) in [6.07, 6.45) is 0. The Balaban J connectivity index is 1.45. The number of ketones is 1. The van der Waals surface area contributed by atoms with Crippen molar-refractivity contribution in [1.82, 2.24) is 10.2 Å². The van der Waals surface area contributed by atoms with Gasteiger partial charge >= 0.3 is 6.01 Å². The lowest BCUT2D eigenvalue weighted by atomic mass is 10.0. The monoisotopic (exact) mass is 387 g/mol. The Morgan fingerprint density at radius 3 is 2.07 bits per heavy atom. The molecule has 0 aliphatic heterocycles. The Morgan fingerprint density at radius 2 is 1.38 bits per heavy atom. The second kappa shape index (κ2) is 7.85. The van der Waals surface area contributed by atoms with Crippen LogP contribution in [0.1, 0.15) is 26.3 Å². The fraction of sp³-hybridized carbons (Fsp3) is 0. The largest absolute Gasteiger partial charge is 0.403 e. The summed E-state index contributed by atoms with van der Waals surface area (Å²) in [4.78, 5) is 24.8. The summed E-state index contributed by atoms with van der Waals surface area (Å²) in [5.41, 5.74) is 1.91. The first kappa shape index (κ1) is 18.2. The van der Waals surface area contributed by atoms with E-state index in [0.29, 0.717) is 22.3 Å². The summed E-state index contributed by atoms with van der Waals surface area (Å²) in [5.74, 6) is -0.809. The maximum absolute atomic E-state index is 13.0. The van der Waals surface area contributed by atoms with Crippen molar-refractivity contribution in [1.29, 1.82) is 0 Å². The van der Waals surface area contributed by atoms with Gasteiger partial charge in [-0.2, -0.15) is 0 Å². The fourth-order valence-corrected chi connectivity index (χ4v) is 2.68. The predicted molar refractivity (Wildman–Crippen MR) is 104 cm³/mol. The minimum absolute atomic E-state index is 0.0845. The number of nitrogens with zero attached hydrogens (tertiary/aromatic N) is 2. The van der Waals surface area contributed by atoms with Crippen LogP contribution < -0.4 is 5.32 Å². The quantitative estimate of drug-likeness (QED) is 0.514. The summed E-state index contributed by atoms with van der Waals surface area (Å²) in [5, 5.41) is 10.1. The molecule has 0 saturated carbocycles. The molecule has 4 rings (SSSR count). The smallest absolute Gasteiger partial charge is 0.322 e. The Bertz CT molecular complexity index is 1150. The van der Waals surface area contributed by atoms with Gasteiger partial charge in [-0.3, -0.25) is 14.9 Å². The molecule has 4 aromatic rings. The zero-order chi connectivity index (χ0) is 20.2. The number of benzene rings is 3. The van der Waals surface area contributed by atoms with E-state index in [-0.39, 0.29) is 23.5 Å². The van der Waals surface area contributed by atoms with Crippen molar-refractivity contribution >= 4 is 17.7 Å². The van der Waals surface area contributed by atoms with Crippen LogP contribution in [0.4, 0.5) is 10.4 Å². The van der Waals surface area contributed by atoms with E-state index in [1.54, 1.807) is 48.5 Å². The molecule has 142 valence electrons. The highest BCUT2D eigenvalue weighted by atomic mass is 19.1. The first-order chi connectivity index (χ1) is 14.1. The minimum Gasteiger partial charge on any atom is -0.403 e. The number of anilines is 1. The van der Waals surface area contributed by atoms with Gasteiger partial charge in [0.2, 0.25) is 5.89 Å². The third kappa shape index (κ3) is 4.08. The van der Waals surface area contributed by atoms with Crippen LogP contribution in [0, 0.1) is 5.82 Å². The third-order valence-corrected chi connectivity index (χ3v) is 4.18. The number of carbonyl (C=O) groups is 2. The van der Waals surface area contributed by atoms with Gasteiger partial charge in [0, 0.05) is 22.3 Å². The lowest BCUT2D eigenvalue weighted by Gasteiger charge is -2.04. The molecule has 3 aromatic carbocycles. The number of carbonyl (C=O) groups excluding carboxylic acids is 2. The second-order valence-corrected chi connectivity index (χ2v) is 6.15. The molecule has 0 spiro atoms. The molecule has 0 bridgehead atoms. The van der Waals surface area contributed by atoms with E-state index in [1.165, 1.54) is 24.3 Å². The molecule has 1 heterocycles. The van der Waals surface area contributed by atoms with Crippen molar-refractivity contribution in [3.05, 3.63) is 101 Å². The Labute approximate surface area is 165 Å². The van der Waals surface area contributed by atoms with Crippen LogP contribution in [-0.4, -0.2) is 21.9 Å². The van der Waals surface area contributed by atoms with Crippen LogP contribution in [0.2, 0.25) is 0 Å². The molecule has 0 aliphatic rings. The average molecular weight is 387 g/mol. The van der Waals surface area contributed by atoms with Crippen LogP contribution in [-0.2, 0) is 0 Å². The maximum atomic E-state index is 13.0. The second-order valence-electron chi connectivity index (χ2n) is 6.15. The van der Waals surface area contributed by atoms with E-state index in [9.17, 15) is 14.0 Å². The SMILES string of the molecule is O=C(Nc1nnc(-c2ccc(F)cc2)o1)c1ccc(C(=O)c2ccccc2)cc1. The standard InChI is InChI=1S/C22H14FN3O3/c23-18-12-10-17(11-13-18)21-25-26-22(29-21)24-20(28)16-8-6-15(7-9-16)19(27)14-4-2-1-3-5-14/h1-13H,(H,24,26,28). The highest BCUT2D eigenvalue weighted by Gasteiger charge is 2.14. The van der Waals surface area contributed by atoms with Gasteiger partial charge in [0.1, 0.15) is 5.82 Å². The third-order valence-electron chi connectivity index (χ3n) is 4.18. The average Bonchev–Trinajstić information content (AvgIpc) is 3.23. The number of halogens is 1. The molecule has 0 unspecified atom stereocenters. The van der Waals surface area contributed by atoms with Gasteiger partial charge in [-0.25, -0.2) is 4.39 Å². The summed E-state index contributed by atoms with van der Waals surface area (Å²) in [6.45, 7) is 0. The Kier molecular flexibility index (Phi) is 4.94. The summed E-state index contributed by atoms with van der Waals surface area (Å²) in [7, 11) is 0. The van der Waals surface area contributed by atoms with Crippen molar-refractivity contribution in [2.75, 3.05) is 5.32 Å². The van der Waals surface area contributed by atoms with Crippen molar-refractivity contribution in [3.63, 3.8) is 0 Å². The molecule has 7 heteroatoms. The summed E-state index contributed by atoms with van der Waals surface area (Å²) in [6, 6.07) is 20.6. The zero-order valence-electron chi connectivity index (χ0n) is 15.0. The first-order valence-corrected chi connectivity index (χ1v) is 8.71. The van der Waals surface area contributed by atoms with Gasteiger partial charge in [-0.15, -0.1) is 5.10 Å². The van der Waals surface area contributed by atoms with Crippen LogP contribution in [0.15, 0.2) is 83.3 Å². The van der Waals surface area contributed by atoms with Crippen LogP contribution >= 0.6 is 0 Å². The Morgan fingerprint density at radius 1 is 0.759 bits per heavy atom. The molecule has 0 atom stereocenters. The topological polar surface area (TPSA) is 85.1 Å². The lowest BCUT2D eigenvalue weighted by molar-refractivity contribution is 0.101. The van der Waals surface area contributed by atoms with Crippen LogP contribution in [0.25, 0.3) is 11.5 Å². The highest BCUT2D eigenvalue weighted by Crippen LogP contribution is 2.20. The van der Waals surface area contributed by atoms with E-state index in [4.69, 9.17) is 4.42 Å². The summed E-state index contributed by atoms with van der Waals surface area (Å²) >= 11 is 0. The number of nitrogens with one attached hydrogen (secondary N) is 1. The molecule has 0 aliphatic carbocycles. The van der Waals surface area contributed by atoms with E-state index in [1.807, 2.05) is 6.07 Å². The van der Waals surface area contributed by atoms with Gasteiger partial charge in [0.15, 0.2) is 5.78 Å². The predicted octanol–water partition coefficient (Wildman–Crippen LogP) is 4.36. The first-order valence-electron chi connectivity index (χ1n) is 8.71. The van der Waals surface area contributed by atoms with E-state index >= 15 is 0 Å². The molecule has 0 radical (unpaired) electrons. The molecule has 1 N–H and O–H groups in total. The molecular formula is C22H14FN3O3. The van der Waals surface area contributed by atoms with Gasteiger partial charge in [0.25, 0.3) is 5.91 Å². The van der Waals surface area contributed by atoms with Crippen molar-refractivity contribution < 1.29 is 18.4 Å². The van der Waals surface area contributed by atoms with Gasteiger partial charge in [-0.1, -0.05) is 47.6 Å². The minimum atomic E-state index is -0.460. The van der Waals surface area contributed by atoms with Gasteiger partial charge < -0.3 is 4.42 Å². The Hall–Kier alpha value is -4.13. The number of amides is 1. The summed E-state index contributed by atoms with van der Waals surface area (Å²) < 4.78 is 18.4. The van der Waals surface area contributed by atoms with E-state index in [2.05, 4.69) is 15.5 Å². The van der Waals surface area contributed by atoms with Crippen molar-refractivity contribution in [3.8, 4) is 11.5 Å². The van der Waals surface area contributed by atoms with Crippen LogP contribution in [0.5, 0.6) is 0 Å². The van der Waals surface area contributed by atoms with E-state index in [0.717, 1.165) is 0 Å². The number of rotatable bonds is 5. The van der Waals surface area contributed by atoms with Gasteiger partial charge in [0.05, 0.1) is 0 Å². The normalized spacial score (nSPS) is 10.5. The molecule has 6 nitrogen and oxygen atoms in total. The number of hydrogen-bond acceptors (Lipinski definition) is 5. The lowest BCUT2D eigenvalue weighted by Crippen LogP contribution is -2.12. The molecule has 0 saturated heterocycles. The van der Waals surface area contributed by atoms with Crippen LogP contribution in [0.3, 0.4) is 0 Å². The molecule has 1 aromatic heterocycles. The van der Waals surface area contributed by atoms with Crippen molar-refractivity contribution in [2.24, 2.45) is 0 Å².